The number of imidazole rings is 1. The smallest absolute Gasteiger partial charge is 0.178 e. The van der Waals surface area contributed by atoms with Gasteiger partial charge in [0.25, 0.3) is 0 Å². The van der Waals surface area contributed by atoms with Crippen molar-refractivity contribution in [1.29, 1.82) is 0 Å². The van der Waals surface area contributed by atoms with Crippen LogP contribution in [0.5, 0.6) is 0 Å². The second-order valence-electron chi connectivity index (χ2n) is 7.29. The third-order valence-corrected chi connectivity index (χ3v) is 5.42. The fraction of sp³-hybridized carbons (Fsp3) is 0. The van der Waals surface area contributed by atoms with Gasteiger partial charge in [-0.05, 0) is 30.3 Å². The lowest BCUT2D eigenvalue weighted by Gasteiger charge is -2.04. The fourth-order valence-corrected chi connectivity index (χ4v) is 3.92. The van der Waals surface area contributed by atoms with E-state index in [1.165, 1.54) is 6.07 Å². The lowest BCUT2D eigenvalue weighted by molar-refractivity contribution is 0.631. The van der Waals surface area contributed by atoms with Crippen molar-refractivity contribution in [2.45, 2.75) is 0 Å². The summed E-state index contributed by atoms with van der Waals surface area (Å²) in [5.74, 6) is -0.444. The molecule has 154 valence electrons. The van der Waals surface area contributed by atoms with Crippen LogP contribution >= 0.6 is 0 Å². The Morgan fingerprint density at radius 3 is 2.56 bits per heavy atom. The number of benzene rings is 2. The van der Waals surface area contributed by atoms with Gasteiger partial charge in [-0.3, -0.25) is 10.1 Å². The van der Waals surface area contributed by atoms with Gasteiger partial charge in [-0.25, -0.2) is 18.7 Å². The molecule has 0 aliphatic carbocycles. The van der Waals surface area contributed by atoms with Crippen molar-refractivity contribution in [3.8, 4) is 33.8 Å². The molecule has 6 rings (SSSR count). The van der Waals surface area contributed by atoms with Gasteiger partial charge < -0.3 is 4.98 Å². The van der Waals surface area contributed by atoms with E-state index in [9.17, 15) is 4.39 Å². The summed E-state index contributed by atoms with van der Waals surface area (Å²) < 4.78 is 30.0. The molecule has 0 bridgehead atoms. The van der Waals surface area contributed by atoms with E-state index in [-0.39, 0.29) is 5.82 Å². The van der Waals surface area contributed by atoms with Crippen molar-refractivity contribution in [1.82, 2.24) is 30.1 Å². The molecule has 0 spiro atoms. The number of rotatable bonds is 3. The normalized spacial score (nSPS) is 11.4. The molecule has 2 N–H and O–H groups in total. The Hall–Kier alpha value is -4.46. The Bertz CT molecular complexity index is 1600. The molecule has 0 amide bonds. The van der Waals surface area contributed by atoms with Crippen LogP contribution in [0.25, 0.3) is 55.8 Å². The molecule has 0 saturated carbocycles. The summed E-state index contributed by atoms with van der Waals surface area (Å²) in [6, 6.07) is 15.2. The Morgan fingerprint density at radius 1 is 0.812 bits per heavy atom. The van der Waals surface area contributed by atoms with Crippen LogP contribution in [0.4, 0.5) is 8.78 Å². The van der Waals surface area contributed by atoms with Gasteiger partial charge in [0.05, 0.1) is 16.4 Å². The topological polar surface area (TPSA) is 83.1 Å². The van der Waals surface area contributed by atoms with Gasteiger partial charge in [-0.15, -0.1) is 0 Å². The average Bonchev–Trinajstić information content (AvgIpc) is 3.45. The number of H-pyrrole nitrogens is 2. The molecule has 4 aromatic heterocycles. The number of fused-ring (bicyclic) bond motifs is 2. The second-order valence-corrected chi connectivity index (χ2v) is 7.29. The van der Waals surface area contributed by atoms with E-state index < -0.39 is 5.82 Å². The van der Waals surface area contributed by atoms with Crippen LogP contribution in [-0.2, 0) is 0 Å². The highest BCUT2D eigenvalue weighted by Gasteiger charge is 2.21. The number of hydrogen-bond acceptors (Lipinski definition) is 4. The van der Waals surface area contributed by atoms with E-state index in [2.05, 4.69) is 30.1 Å². The van der Waals surface area contributed by atoms with Crippen LogP contribution in [0.1, 0.15) is 0 Å². The number of aromatic amines is 2. The Labute approximate surface area is 180 Å². The number of hydrogen-bond donors (Lipinski definition) is 2. The highest BCUT2D eigenvalue weighted by Crippen LogP contribution is 2.35. The molecule has 0 fully saturated rings. The van der Waals surface area contributed by atoms with Gasteiger partial charge in [0.2, 0.25) is 0 Å². The molecule has 32 heavy (non-hydrogen) atoms. The van der Waals surface area contributed by atoms with E-state index in [1.807, 2.05) is 0 Å². The minimum Gasteiger partial charge on any atom is -0.335 e. The van der Waals surface area contributed by atoms with Crippen LogP contribution in [-0.4, -0.2) is 30.1 Å². The van der Waals surface area contributed by atoms with Crippen LogP contribution in [0.3, 0.4) is 0 Å². The lowest BCUT2D eigenvalue weighted by Crippen LogP contribution is -1.89. The molecule has 4 heterocycles. The summed E-state index contributed by atoms with van der Waals surface area (Å²) in [5.41, 5.74) is 3.90. The fourth-order valence-electron chi connectivity index (χ4n) is 3.92. The summed E-state index contributed by atoms with van der Waals surface area (Å²) in [7, 11) is 0. The first-order chi connectivity index (χ1) is 15.7. The summed E-state index contributed by atoms with van der Waals surface area (Å²) >= 11 is 0. The molecule has 0 atom stereocenters. The number of nitrogens with one attached hydrogen (secondary N) is 2. The summed E-state index contributed by atoms with van der Waals surface area (Å²) in [5, 5.41) is 7.46. The Morgan fingerprint density at radius 2 is 1.72 bits per heavy atom. The zero-order valence-corrected chi connectivity index (χ0v) is 16.5. The summed E-state index contributed by atoms with van der Waals surface area (Å²) in [4.78, 5) is 16.1. The van der Waals surface area contributed by atoms with Gasteiger partial charge in [0, 0.05) is 40.8 Å². The molecule has 8 heteroatoms. The lowest BCUT2D eigenvalue weighted by atomic mass is 10.0. The highest BCUT2D eigenvalue weighted by molar-refractivity contribution is 5.98. The molecule has 0 unspecified atom stereocenters. The maximum Gasteiger partial charge on any atom is 0.178 e. The summed E-state index contributed by atoms with van der Waals surface area (Å²) in [6.07, 6.45) is 4.81. The minimum atomic E-state index is -0.429. The van der Waals surface area contributed by atoms with E-state index in [1.54, 1.807) is 67.1 Å². The van der Waals surface area contributed by atoms with Gasteiger partial charge in [-0.2, -0.15) is 5.10 Å². The van der Waals surface area contributed by atoms with Gasteiger partial charge in [0.15, 0.2) is 11.5 Å². The zero-order chi connectivity index (χ0) is 21.7. The predicted octanol–water partition coefficient (Wildman–Crippen LogP) is 5.51. The standard InChI is InChI=1S/C24H14F2N6/c25-17-6-2-1-5-15(17)16-9-11-28-23-21(16)29-24(30-23)22-19-18(31-32-22)8-7-14(20(19)26)13-4-3-10-27-12-13/h1-12H,(H,31,32)(H,28,29,30). The predicted molar refractivity (Wildman–Crippen MR) is 118 cm³/mol. The zero-order valence-electron chi connectivity index (χ0n) is 16.5. The van der Waals surface area contributed by atoms with Crippen molar-refractivity contribution in [3.63, 3.8) is 0 Å². The number of pyridine rings is 2. The van der Waals surface area contributed by atoms with Gasteiger partial charge in [0.1, 0.15) is 17.3 Å². The van der Waals surface area contributed by atoms with E-state index in [0.717, 1.165) is 0 Å². The Kier molecular flexibility index (Phi) is 4.04. The van der Waals surface area contributed by atoms with Crippen molar-refractivity contribution in [3.05, 3.63) is 84.8 Å². The van der Waals surface area contributed by atoms with Crippen molar-refractivity contribution in [2.75, 3.05) is 0 Å². The molecule has 6 nitrogen and oxygen atoms in total. The van der Waals surface area contributed by atoms with Gasteiger partial charge >= 0.3 is 0 Å². The third-order valence-electron chi connectivity index (χ3n) is 5.42. The van der Waals surface area contributed by atoms with Crippen LogP contribution < -0.4 is 0 Å². The number of nitrogens with zero attached hydrogens (tertiary/aromatic N) is 4. The molecule has 0 aliphatic rings. The molecule has 0 radical (unpaired) electrons. The summed E-state index contributed by atoms with van der Waals surface area (Å²) in [6.45, 7) is 0. The van der Waals surface area contributed by atoms with Gasteiger partial charge in [-0.1, -0.05) is 24.3 Å². The van der Waals surface area contributed by atoms with Crippen molar-refractivity contribution >= 4 is 22.1 Å². The molecule has 0 aliphatic heterocycles. The van der Waals surface area contributed by atoms with Crippen LogP contribution in [0, 0.1) is 11.6 Å². The first-order valence-electron chi connectivity index (χ1n) is 9.87. The maximum absolute atomic E-state index is 15.6. The van der Waals surface area contributed by atoms with E-state index >= 15 is 4.39 Å². The molecule has 2 aromatic carbocycles. The molecule has 0 saturated heterocycles. The average molecular weight is 424 g/mol. The highest BCUT2D eigenvalue weighted by atomic mass is 19.1. The Balaban J connectivity index is 1.56. The maximum atomic E-state index is 15.6. The second kappa shape index (κ2) is 7.05. The SMILES string of the molecule is Fc1ccccc1-c1ccnc2nc(-c3n[nH]c4ccc(-c5cccnc5)c(F)c34)[nH]c12. The molecular weight excluding hydrogens is 410 g/mol. The van der Waals surface area contributed by atoms with Crippen molar-refractivity contribution < 1.29 is 8.78 Å². The van der Waals surface area contributed by atoms with E-state index in [4.69, 9.17) is 0 Å². The minimum absolute atomic E-state index is 0.304. The number of halogens is 2. The third kappa shape index (κ3) is 2.77. The van der Waals surface area contributed by atoms with Crippen LogP contribution in [0.2, 0.25) is 0 Å². The van der Waals surface area contributed by atoms with E-state index in [0.29, 0.717) is 55.8 Å². The molecular formula is C24H14F2N6. The van der Waals surface area contributed by atoms with Crippen LogP contribution in [0.15, 0.2) is 73.2 Å². The quantitative estimate of drug-likeness (QED) is 0.393. The monoisotopic (exact) mass is 424 g/mol. The first kappa shape index (κ1) is 18.3. The number of aromatic nitrogens is 6. The first-order valence-corrected chi connectivity index (χ1v) is 9.87. The molecule has 6 aromatic rings. The largest absolute Gasteiger partial charge is 0.335 e. The van der Waals surface area contributed by atoms with Crippen molar-refractivity contribution in [2.24, 2.45) is 0 Å².